The first-order chi connectivity index (χ1) is 12.5. The number of carbonyl (C=O) groups excluding carboxylic acids is 1. The molecule has 1 aliphatic heterocycles. The van der Waals surface area contributed by atoms with E-state index in [4.69, 9.17) is 4.74 Å². The highest BCUT2D eigenvalue weighted by molar-refractivity contribution is 5.90. The lowest BCUT2D eigenvalue weighted by atomic mass is 10.0. The summed E-state index contributed by atoms with van der Waals surface area (Å²) in [6, 6.07) is 5.23. The van der Waals surface area contributed by atoms with Crippen molar-refractivity contribution in [1.29, 1.82) is 0 Å². The molecule has 1 N–H and O–H groups in total. The molecule has 1 saturated heterocycles. The number of anilines is 1. The Morgan fingerprint density at radius 3 is 2.41 bits per heavy atom. The van der Waals surface area contributed by atoms with Gasteiger partial charge in [-0.25, -0.2) is 9.59 Å². The van der Waals surface area contributed by atoms with Gasteiger partial charge in [-0.2, -0.15) is 0 Å². The van der Waals surface area contributed by atoms with Gasteiger partial charge in [0.1, 0.15) is 5.60 Å². The highest BCUT2D eigenvalue weighted by Gasteiger charge is 2.35. The van der Waals surface area contributed by atoms with E-state index in [1.807, 2.05) is 52.8 Å². The van der Waals surface area contributed by atoms with Crippen LogP contribution in [0.5, 0.6) is 0 Å². The van der Waals surface area contributed by atoms with E-state index in [2.05, 4.69) is 11.8 Å². The molecule has 1 aromatic rings. The molecule has 2 atom stereocenters. The molecule has 27 heavy (non-hydrogen) atoms. The zero-order chi connectivity index (χ0) is 20.4. The second-order valence-corrected chi connectivity index (χ2v) is 8.06. The van der Waals surface area contributed by atoms with E-state index in [0.29, 0.717) is 13.1 Å². The molecule has 2 rings (SSSR count). The van der Waals surface area contributed by atoms with Gasteiger partial charge in [-0.3, -0.25) is 0 Å². The molecule has 0 saturated carbocycles. The molecule has 6 heteroatoms. The van der Waals surface area contributed by atoms with Gasteiger partial charge in [-0.05, 0) is 65.3 Å². The average molecular weight is 374 g/mol. The van der Waals surface area contributed by atoms with Crippen LogP contribution in [0.15, 0.2) is 24.3 Å². The minimum atomic E-state index is -0.941. The third kappa shape index (κ3) is 5.02. The zero-order valence-electron chi connectivity index (χ0n) is 17.0. The van der Waals surface area contributed by atoms with Crippen LogP contribution in [-0.2, 0) is 4.74 Å². The minimum absolute atomic E-state index is 0.0198. The number of piperazine rings is 1. The van der Waals surface area contributed by atoms with Crippen molar-refractivity contribution in [2.24, 2.45) is 0 Å². The second-order valence-electron chi connectivity index (χ2n) is 8.06. The molecular weight excluding hydrogens is 344 g/mol. The topological polar surface area (TPSA) is 70.1 Å². The molecule has 2 unspecified atom stereocenters. The van der Waals surface area contributed by atoms with Gasteiger partial charge in [-0.1, -0.05) is 12.2 Å². The Morgan fingerprint density at radius 2 is 1.85 bits per heavy atom. The summed E-state index contributed by atoms with van der Waals surface area (Å²) in [5, 5.41) is 9.27. The number of carboxylic acid groups (broad SMARTS) is 1. The number of benzene rings is 1. The molecule has 1 heterocycles. The number of ether oxygens (including phenoxy) is 1. The Kier molecular flexibility index (Phi) is 6.19. The highest BCUT2D eigenvalue weighted by atomic mass is 16.6. The van der Waals surface area contributed by atoms with Gasteiger partial charge >= 0.3 is 12.1 Å². The van der Waals surface area contributed by atoms with Crippen molar-refractivity contribution in [1.82, 2.24) is 4.90 Å². The van der Waals surface area contributed by atoms with E-state index >= 15 is 0 Å². The fraction of sp³-hybridized carbons (Fsp3) is 0.524. The Labute approximate surface area is 161 Å². The lowest BCUT2D eigenvalue weighted by Crippen LogP contribution is -2.59. The lowest BCUT2D eigenvalue weighted by Gasteiger charge is -2.45. The molecular formula is C21H30N2O4. The van der Waals surface area contributed by atoms with Crippen LogP contribution in [0, 0.1) is 0 Å². The molecule has 1 aliphatic rings. The van der Waals surface area contributed by atoms with Crippen LogP contribution < -0.4 is 4.90 Å². The molecule has 0 spiro atoms. The van der Waals surface area contributed by atoms with Gasteiger partial charge in [0, 0.05) is 30.9 Å². The van der Waals surface area contributed by atoms with Gasteiger partial charge in [-0.15, -0.1) is 0 Å². The van der Waals surface area contributed by atoms with Crippen molar-refractivity contribution in [2.45, 2.75) is 59.2 Å². The number of hydrogen-bond acceptors (Lipinski definition) is 4. The maximum atomic E-state index is 12.5. The molecule has 1 amide bonds. The summed E-state index contributed by atoms with van der Waals surface area (Å²) in [7, 11) is 0. The van der Waals surface area contributed by atoms with Crippen molar-refractivity contribution >= 4 is 23.8 Å². The minimum Gasteiger partial charge on any atom is -0.478 e. The first kappa shape index (κ1) is 20.8. The number of carboxylic acids is 1. The summed E-state index contributed by atoms with van der Waals surface area (Å²) in [6.07, 6.45) is 3.52. The fourth-order valence-electron chi connectivity index (χ4n) is 3.30. The van der Waals surface area contributed by atoms with Crippen molar-refractivity contribution in [2.75, 3.05) is 18.0 Å². The number of carbonyl (C=O) groups is 2. The third-order valence-corrected chi connectivity index (χ3v) is 4.54. The Morgan fingerprint density at radius 1 is 1.19 bits per heavy atom. The zero-order valence-corrected chi connectivity index (χ0v) is 17.0. The van der Waals surface area contributed by atoms with Gasteiger partial charge in [0.15, 0.2) is 0 Å². The van der Waals surface area contributed by atoms with E-state index in [0.717, 1.165) is 11.3 Å². The van der Waals surface area contributed by atoms with Crippen molar-refractivity contribution in [3.05, 3.63) is 35.4 Å². The second kappa shape index (κ2) is 8.03. The smallest absolute Gasteiger partial charge is 0.410 e. The monoisotopic (exact) mass is 374 g/mol. The van der Waals surface area contributed by atoms with Gasteiger partial charge in [0.25, 0.3) is 0 Å². The van der Waals surface area contributed by atoms with Gasteiger partial charge < -0.3 is 19.6 Å². The van der Waals surface area contributed by atoms with Crippen LogP contribution >= 0.6 is 0 Å². The summed E-state index contributed by atoms with van der Waals surface area (Å²) in [5.74, 6) is -0.941. The number of hydrogen-bond donors (Lipinski definition) is 1. The molecule has 1 aromatic carbocycles. The van der Waals surface area contributed by atoms with E-state index in [9.17, 15) is 14.7 Å². The largest absolute Gasteiger partial charge is 0.478 e. The average Bonchev–Trinajstić information content (AvgIpc) is 2.55. The Balaban J connectivity index is 2.27. The molecule has 6 nitrogen and oxygen atoms in total. The SMILES string of the molecule is CC=Cc1cc(C(=O)O)ccc1N1CC(C)N(C(=O)OC(C)(C)C)CC1C. The van der Waals surface area contributed by atoms with Crippen LogP contribution in [0.4, 0.5) is 10.5 Å². The van der Waals surface area contributed by atoms with Crippen LogP contribution in [-0.4, -0.2) is 52.8 Å². The Hall–Kier alpha value is -2.50. The van der Waals surface area contributed by atoms with E-state index < -0.39 is 11.6 Å². The molecule has 0 radical (unpaired) electrons. The number of rotatable bonds is 3. The lowest BCUT2D eigenvalue weighted by molar-refractivity contribution is 0.0130. The van der Waals surface area contributed by atoms with Crippen molar-refractivity contribution in [3.8, 4) is 0 Å². The van der Waals surface area contributed by atoms with E-state index in [1.165, 1.54) is 0 Å². The maximum Gasteiger partial charge on any atom is 0.410 e. The first-order valence-corrected chi connectivity index (χ1v) is 9.29. The number of allylic oxidation sites excluding steroid dienone is 1. The quantitative estimate of drug-likeness (QED) is 0.856. The first-order valence-electron chi connectivity index (χ1n) is 9.29. The van der Waals surface area contributed by atoms with Crippen LogP contribution in [0.3, 0.4) is 0 Å². The third-order valence-electron chi connectivity index (χ3n) is 4.54. The number of nitrogens with zero attached hydrogens (tertiary/aromatic N) is 2. The standard InChI is InChI=1S/C21H30N2O4/c1-7-8-16-11-17(19(24)25)9-10-18(16)22-12-15(3)23(13-14(22)2)20(26)27-21(4,5)6/h7-11,14-15H,12-13H2,1-6H3,(H,24,25). The van der Waals surface area contributed by atoms with Crippen LogP contribution in [0.25, 0.3) is 6.08 Å². The summed E-state index contributed by atoms with van der Waals surface area (Å²) in [6.45, 7) is 12.8. The van der Waals surface area contributed by atoms with Gasteiger partial charge in [0.2, 0.25) is 0 Å². The summed E-state index contributed by atoms with van der Waals surface area (Å²) in [4.78, 5) is 27.8. The number of amides is 1. The summed E-state index contributed by atoms with van der Waals surface area (Å²) >= 11 is 0. The molecule has 0 aromatic heterocycles. The van der Waals surface area contributed by atoms with Crippen LogP contribution in [0.2, 0.25) is 0 Å². The van der Waals surface area contributed by atoms with Crippen molar-refractivity contribution in [3.63, 3.8) is 0 Å². The Bertz CT molecular complexity index is 736. The van der Waals surface area contributed by atoms with Crippen LogP contribution in [0.1, 0.15) is 57.5 Å². The fourth-order valence-corrected chi connectivity index (χ4v) is 3.30. The predicted molar refractivity (Wildman–Crippen MR) is 107 cm³/mol. The number of aromatic carboxylic acids is 1. The molecule has 148 valence electrons. The summed E-state index contributed by atoms with van der Waals surface area (Å²) in [5.41, 5.74) is 1.58. The van der Waals surface area contributed by atoms with E-state index in [-0.39, 0.29) is 23.7 Å². The highest BCUT2D eigenvalue weighted by Crippen LogP contribution is 2.29. The maximum absolute atomic E-state index is 12.5. The van der Waals surface area contributed by atoms with Gasteiger partial charge in [0.05, 0.1) is 5.56 Å². The normalized spacial score (nSPS) is 20.8. The molecule has 0 bridgehead atoms. The predicted octanol–water partition coefficient (Wildman–Crippen LogP) is 4.25. The summed E-state index contributed by atoms with van der Waals surface area (Å²) < 4.78 is 5.53. The van der Waals surface area contributed by atoms with E-state index in [1.54, 1.807) is 17.0 Å². The molecule has 1 fully saturated rings. The van der Waals surface area contributed by atoms with Crippen molar-refractivity contribution < 1.29 is 19.4 Å². The molecule has 0 aliphatic carbocycles.